The van der Waals surface area contributed by atoms with Crippen LogP contribution in [0.15, 0.2) is 47.8 Å². The van der Waals surface area contributed by atoms with Gasteiger partial charge in [-0.25, -0.2) is 4.98 Å². The maximum absolute atomic E-state index is 12.9. The molecule has 0 bridgehead atoms. The van der Waals surface area contributed by atoms with Gasteiger partial charge in [-0.2, -0.15) is 0 Å². The Morgan fingerprint density at radius 1 is 1.04 bits per heavy atom. The van der Waals surface area contributed by atoms with E-state index in [-0.39, 0.29) is 5.91 Å². The lowest BCUT2D eigenvalue weighted by Crippen LogP contribution is -2.49. The number of carbonyl (C=O) groups excluding carboxylic acids is 1. The largest absolute Gasteiger partial charge is 0.368 e. The molecule has 2 heterocycles. The van der Waals surface area contributed by atoms with Crippen molar-refractivity contribution in [1.29, 1.82) is 0 Å². The van der Waals surface area contributed by atoms with Crippen molar-refractivity contribution < 1.29 is 4.79 Å². The maximum atomic E-state index is 12.9. The number of aryl methyl sites for hydroxylation is 2. The van der Waals surface area contributed by atoms with Crippen LogP contribution in [-0.2, 0) is 0 Å². The zero-order valence-electron chi connectivity index (χ0n) is 16.0. The van der Waals surface area contributed by atoms with Crippen LogP contribution in [0.25, 0.3) is 11.3 Å². The van der Waals surface area contributed by atoms with Crippen molar-refractivity contribution in [3.8, 4) is 11.3 Å². The number of hydrogen-bond acceptors (Lipinski definition) is 4. The number of amides is 1. The molecule has 4 nitrogen and oxygen atoms in total. The summed E-state index contributed by atoms with van der Waals surface area (Å²) in [4.78, 5) is 21.6. The molecule has 1 fully saturated rings. The number of thiazole rings is 1. The zero-order chi connectivity index (χ0) is 19.7. The van der Waals surface area contributed by atoms with Crippen LogP contribution in [0.5, 0.6) is 0 Å². The Morgan fingerprint density at radius 3 is 2.39 bits per heavy atom. The van der Waals surface area contributed by atoms with E-state index >= 15 is 0 Å². The highest BCUT2D eigenvalue weighted by atomic mass is 35.5. The molecule has 0 saturated carbocycles. The summed E-state index contributed by atoms with van der Waals surface area (Å²) >= 11 is 7.79. The minimum absolute atomic E-state index is 0.0866. The minimum Gasteiger partial charge on any atom is -0.368 e. The molecule has 2 aromatic carbocycles. The van der Waals surface area contributed by atoms with E-state index in [2.05, 4.69) is 16.8 Å². The van der Waals surface area contributed by atoms with E-state index in [0.29, 0.717) is 13.1 Å². The molecule has 0 unspecified atom stereocenters. The SMILES string of the molecule is Cc1nc(-c2ccc(C(=O)N3CCN(c4cc(Cl)ccc4C)CC3)cc2)cs1. The van der Waals surface area contributed by atoms with Gasteiger partial charge in [-0.3, -0.25) is 4.79 Å². The van der Waals surface area contributed by atoms with E-state index in [1.807, 2.05) is 59.7 Å². The first-order chi connectivity index (χ1) is 13.5. The summed E-state index contributed by atoms with van der Waals surface area (Å²) in [6.07, 6.45) is 0. The van der Waals surface area contributed by atoms with Crippen molar-refractivity contribution in [1.82, 2.24) is 9.88 Å². The number of rotatable bonds is 3. The summed E-state index contributed by atoms with van der Waals surface area (Å²) in [5.74, 6) is 0.0866. The van der Waals surface area contributed by atoms with Crippen LogP contribution < -0.4 is 4.90 Å². The van der Waals surface area contributed by atoms with E-state index in [1.54, 1.807) is 11.3 Å². The topological polar surface area (TPSA) is 36.4 Å². The van der Waals surface area contributed by atoms with Crippen LogP contribution in [-0.4, -0.2) is 42.0 Å². The molecule has 0 N–H and O–H groups in total. The molecular weight excluding hydrogens is 390 g/mol. The first kappa shape index (κ1) is 19.0. The predicted octanol–water partition coefficient (Wildman–Crippen LogP) is 5.04. The molecule has 0 aliphatic carbocycles. The van der Waals surface area contributed by atoms with Crippen molar-refractivity contribution in [3.05, 3.63) is 69.0 Å². The highest BCUT2D eigenvalue weighted by Crippen LogP contribution is 2.26. The van der Waals surface area contributed by atoms with Gasteiger partial charge in [0, 0.05) is 53.4 Å². The molecule has 6 heteroatoms. The van der Waals surface area contributed by atoms with Crippen molar-refractivity contribution in [2.24, 2.45) is 0 Å². The van der Waals surface area contributed by atoms with E-state index in [1.165, 1.54) is 5.56 Å². The van der Waals surface area contributed by atoms with Crippen LogP contribution >= 0.6 is 22.9 Å². The van der Waals surface area contributed by atoms with Gasteiger partial charge in [-0.05, 0) is 43.7 Å². The van der Waals surface area contributed by atoms with Crippen LogP contribution in [0.2, 0.25) is 5.02 Å². The van der Waals surface area contributed by atoms with E-state index in [0.717, 1.165) is 45.6 Å². The minimum atomic E-state index is 0.0866. The van der Waals surface area contributed by atoms with Gasteiger partial charge < -0.3 is 9.80 Å². The molecule has 1 saturated heterocycles. The van der Waals surface area contributed by atoms with Gasteiger partial charge in [-0.1, -0.05) is 29.8 Å². The van der Waals surface area contributed by atoms with Crippen LogP contribution in [0.4, 0.5) is 5.69 Å². The summed E-state index contributed by atoms with van der Waals surface area (Å²) in [7, 11) is 0. The van der Waals surface area contributed by atoms with E-state index in [9.17, 15) is 4.79 Å². The predicted molar refractivity (Wildman–Crippen MR) is 117 cm³/mol. The number of piperazine rings is 1. The first-order valence-corrected chi connectivity index (χ1v) is 10.6. The highest BCUT2D eigenvalue weighted by molar-refractivity contribution is 7.09. The lowest BCUT2D eigenvalue weighted by atomic mass is 10.1. The Hall–Kier alpha value is -2.37. The lowest BCUT2D eigenvalue weighted by Gasteiger charge is -2.37. The number of benzene rings is 2. The van der Waals surface area contributed by atoms with Crippen molar-refractivity contribution in [3.63, 3.8) is 0 Å². The third-order valence-corrected chi connectivity index (χ3v) is 6.13. The molecule has 28 heavy (non-hydrogen) atoms. The number of nitrogens with zero attached hydrogens (tertiary/aromatic N) is 3. The van der Waals surface area contributed by atoms with Gasteiger partial charge >= 0.3 is 0 Å². The zero-order valence-corrected chi connectivity index (χ0v) is 17.6. The maximum Gasteiger partial charge on any atom is 0.253 e. The van der Waals surface area contributed by atoms with Crippen molar-refractivity contribution >= 4 is 34.5 Å². The van der Waals surface area contributed by atoms with Gasteiger partial charge in [0.15, 0.2) is 0 Å². The number of halogens is 1. The summed E-state index contributed by atoms with van der Waals surface area (Å²) in [5, 5.41) is 3.83. The normalized spacial score (nSPS) is 14.4. The number of hydrogen-bond donors (Lipinski definition) is 0. The molecular formula is C22H22ClN3OS. The van der Waals surface area contributed by atoms with Gasteiger partial charge in [0.1, 0.15) is 0 Å². The van der Waals surface area contributed by atoms with Crippen molar-refractivity contribution in [2.45, 2.75) is 13.8 Å². The highest BCUT2D eigenvalue weighted by Gasteiger charge is 2.23. The summed E-state index contributed by atoms with van der Waals surface area (Å²) in [6, 6.07) is 13.7. The lowest BCUT2D eigenvalue weighted by molar-refractivity contribution is 0.0747. The van der Waals surface area contributed by atoms with Gasteiger partial charge in [0.2, 0.25) is 0 Å². The molecule has 0 atom stereocenters. The molecule has 4 rings (SSSR count). The molecule has 0 spiro atoms. The van der Waals surface area contributed by atoms with Gasteiger partial charge in [0.05, 0.1) is 10.7 Å². The second kappa shape index (κ2) is 7.94. The van der Waals surface area contributed by atoms with E-state index in [4.69, 9.17) is 11.6 Å². The Kier molecular flexibility index (Phi) is 5.38. The molecule has 1 amide bonds. The molecule has 1 aliphatic heterocycles. The second-order valence-corrected chi connectivity index (χ2v) is 8.54. The molecule has 0 radical (unpaired) electrons. The third kappa shape index (κ3) is 3.91. The van der Waals surface area contributed by atoms with Gasteiger partial charge in [0.25, 0.3) is 5.91 Å². The average Bonchev–Trinajstić information content (AvgIpc) is 3.16. The Morgan fingerprint density at radius 2 is 1.75 bits per heavy atom. The molecule has 1 aliphatic rings. The number of carbonyl (C=O) groups is 1. The Labute approximate surface area is 174 Å². The standard InChI is InChI=1S/C22H22ClN3OS/c1-15-3-8-19(23)13-21(15)25-9-11-26(12-10-25)22(27)18-6-4-17(5-7-18)20-14-28-16(2)24-20/h3-8,13-14H,9-12H2,1-2H3. The molecule has 1 aromatic heterocycles. The summed E-state index contributed by atoms with van der Waals surface area (Å²) < 4.78 is 0. The van der Waals surface area contributed by atoms with E-state index < -0.39 is 0 Å². The summed E-state index contributed by atoms with van der Waals surface area (Å²) in [5.41, 5.74) is 5.09. The molecule has 144 valence electrons. The summed E-state index contributed by atoms with van der Waals surface area (Å²) in [6.45, 7) is 7.12. The van der Waals surface area contributed by atoms with Crippen LogP contribution in [0.1, 0.15) is 20.9 Å². The monoisotopic (exact) mass is 411 g/mol. The Balaban J connectivity index is 1.42. The number of anilines is 1. The fraction of sp³-hybridized carbons (Fsp3) is 0.273. The van der Waals surface area contributed by atoms with Crippen LogP contribution in [0.3, 0.4) is 0 Å². The smallest absolute Gasteiger partial charge is 0.253 e. The van der Waals surface area contributed by atoms with Crippen molar-refractivity contribution in [2.75, 3.05) is 31.1 Å². The quantitative estimate of drug-likeness (QED) is 0.605. The average molecular weight is 412 g/mol. The van der Waals surface area contributed by atoms with Gasteiger partial charge in [-0.15, -0.1) is 11.3 Å². The fourth-order valence-corrected chi connectivity index (χ4v) is 4.32. The second-order valence-electron chi connectivity index (χ2n) is 7.04. The Bertz CT molecular complexity index is 991. The number of aromatic nitrogens is 1. The first-order valence-electron chi connectivity index (χ1n) is 9.34. The fourth-order valence-electron chi connectivity index (χ4n) is 3.54. The molecule has 3 aromatic rings. The third-order valence-electron chi connectivity index (χ3n) is 5.13. The van der Waals surface area contributed by atoms with Crippen LogP contribution in [0, 0.1) is 13.8 Å².